The molecule has 0 heterocycles. The number of hydrogen-bond donors (Lipinski definition) is 2. The van der Waals surface area contributed by atoms with E-state index in [1.165, 1.54) is 24.8 Å². The standard InChI is InChI=1S/C24H31ClN4O.HI/c1-4-26-23(27-16-18-6-8-19(9-7-18)22(30)29(2)3)28-17-24(14-5-15-24)20-10-12-21(25)13-11-20;/h6-13H,4-5,14-17H2,1-3H3,(H2,26,27,28);1H. The summed E-state index contributed by atoms with van der Waals surface area (Å²) in [6.07, 6.45) is 3.58. The molecule has 0 aliphatic heterocycles. The van der Waals surface area contributed by atoms with Crippen molar-refractivity contribution < 1.29 is 4.79 Å². The number of hydrogen-bond acceptors (Lipinski definition) is 2. The molecular weight excluding hydrogens is 523 g/mol. The van der Waals surface area contributed by atoms with E-state index < -0.39 is 0 Å². The van der Waals surface area contributed by atoms with Gasteiger partial charge in [0.2, 0.25) is 0 Å². The molecule has 31 heavy (non-hydrogen) atoms. The van der Waals surface area contributed by atoms with Crippen LogP contribution < -0.4 is 10.6 Å². The molecule has 7 heteroatoms. The molecule has 2 aromatic rings. The summed E-state index contributed by atoms with van der Waals surface area (Å²) in [6.45, 7) is 4.27. The number of carbonyl (C=O) groups excluding carboxylic acids is 1. The predicted octanol–water partition coefficient (Wildman–Crippen LogP) is 4.84. The molecule has 0 spiro atoms. The Balaban J connectivity index is 0.00000341. The van der Waals surface area contributed by atoms with Crippen LogP contribution in [-0.4, -0.2) is 44.0 Å². The van der Waals surface area contributed by atoms with E-state index in [0.717, 1.165) is 29.6 Å². The van der Waals surface area contributed by atoms with Crippen molar-refractivity contribution >= 4 is 47.4 Å². The van der Waals surface area contributed by atoms with Gasteiger partial charge in [0.05, 0.1) is 6.54 Å². The molecule has 1 amide bonds. The number of amides is 1. The topological polar surface area (TPSA) is 56.7 Å². The van der Waals surface area contributed by atoms with E-state index in [1.54, 1.807) is 19.0 Å². The van der Waals surface area contributed by atoms with Crippen molar-refractivity contribution in [2.24, 2.45) is 4.99 Å². The van der Waals surface area contributed by atoms with Crippen molar-refractivity contribution in [3.05, 3.63) is 70.2 Å². The van der Waals surface area contributed by atoms with Crippen LogP contribution >= 0.6 is 35.6 Å². The monoisotopic (exact) mass is 554 g/mol. The van der Waals surface area contributed by atoms with Gasteiger partial charge in [-0.05, 0) is 55.2 Å². The molecule has 0 saturated heterocycles. The van der Waals surface area contributed by atoms with Crippen molar-refractivity contribution in [3.8, 4) is 0 Å². The number of nitrogens with zero attached hydrogens (tertiary/aromatic N) is 2. The van der Waals surface area contributed by atoms with Crippen molar-refractivity contribution in [1.82, 2.24) is 15.5 Å². The van der Waals surface area contributed by atoms with Crippen LogP contribution in [0.4, 0.5) is 0 Å². The lowest BCUT2D eigenvalue weighted by molar-refractivity contribution is 0.0827. The summed E-state index contributed by atoms with van der Waals surface area (Å²) in [4.78, 5) is 18.3. The van der Waals surface area contributed by atoms with Gasteiger partial charge in [-0.15, -0.1) is 24.0 Å². The molecule has 1 saturated carbocycles. The molecule has 0 atom stereocenters. The fraction of sp³-hybridized carbons (Fsp3) is 0.417. The first kappa shape index (κ1) is 25.5. The molecule has 0 bridgehead atoms. The van der Waals surface area contributed by atoms with Crippen LogP contribution in [0.15, 0.2) is 53.5 Å². The Hall–Kier alpha value is -1.80. The Labute approximate surface area is 207 Å². The van der Waals surface area contributed by atoms with Gasteiger partial charge in [0, 0.05) is 43.2 Å². The van der Waals surface area contributed by atoms with Gasteiger partial charge in [0.1, 0.15) is 0 Å². The Kier molecular flexibility index (Phi) is 9.62. The zero-order chi connectivity index (χ0) is 21.6. The maximum Gasteiger partial charge on any atom is 0.253 e. The summed E-state index contributed by atoms with van der Waals surface area (Å²) in [5.41, 5.74) is 3.24. The van der Waals surface area contributed by atoms with Gasteiger partial charge in [-0.1, -0.05) is 42.3 Å². The minimum Gasteiger partial charge on any atom is -0.357 e. The highest BCUT2D eigenvalue weighted by Crippen LogP contribution is 2.43. The van der Waals surface area contributed by atoms with E-state index in [4.69, 9.17) is 16.6 Å². The van der Waals surface area contributed by atoms with E-state index in [-0.39, 0.29) is 35.3 Å². The summed E-state index contributed by atoms with van der Waals surface area (Å²) >= 11 is 6.07. The quantitative estimate of drug-likeness (QED) is 0.293. The van der Waals surface area contributed by atoms with Crippen LogP contribution in [0.3, 0.4) is 0 Å². The maximum absolute atomic E-state index is 12.0. The second-order valence-corrected chi connectivity index (χ2v) is 8.52. The third kappa shape index (κ3) is 6.59. The number of carbonyl (C=O) groups is 1. The maximum atomic E-state index is 12.0. The van der Waals surface area contributed by atoms with Crippen LogP contribution in [-0.2, 0) is 12.0 Å². The van der Waals surface area contributed by atoms with Gasteiger partial charge in [-0.3, -0.25) is 4.79 Å². The average Bonchev–Trinajstić information content (AvgIpc) is 2.72. The number of halogens is 2. The van der Waals surface area contributed by atoms with Crippen LogP contribution in [0.5, 0.6) is 0 Å². The van der Waals surface area contributed by atoms with E-state index in [9.17, 15) is 4.79 Å². The second-order valence-electron chi connectivity index (χ2n) is 8.09. The third-order valence-corrected chi connectivity index (χ3v) is 5.98. The number of guanidine groups is 1. The molecule has 1 aliphatic carbocycles. The van der Waals surface area contributed by atoms with Gasteiger partial charge >= 0.3 is 0 Å². The molecule has 3 rings (SSSR count). The van der Waals surface area contributed by atoms with Gasteiger partial charge in [-0.2, -0.15) is 0 Å². The van der Waals surface area contributed by atoms with Gasteiger partial charge in [-0.25, -0.2) is 4.99 Å². The zero-order valence-electron chi connectivity index (χ0n) is 18.5. The fourth-order valence-electron chi connectivity index (χ4n) is 3.75. The molecule has 1 aliphatic rings. The van der Waals surface area contributed by atoms with Crippen molar-refractivity contribution in [2.45, 2.75) is 38.1 Å². The number of benzene rings is 2. The highest BCUT2D eigenvalue weighted by molar-refractivity contribution is 14.0. The first-order valence-electron chi connectivity index (χ1n) is 10.5. The molecule has 2 N–H and O–H groups in total. The summed E-state index contributed by atoms with van der Waals surface area (Å²) < 4.78 is 0. The lowest BCUT2D eigenvalue weighted by Gasteiger charge is -2.43. The molecule has 0 radical (unpaired) electrons. The summed E-state index contributed by atoms with van der Waals surface area (Å²) in [7, 11) is 3.52. The van der Waals surface area contributed by atoms with Crippen LogP contribution in [0.25, 0.3) is 0 Å². The minimum absolute atomic E-state index is 0. The summed E-state index contributed by atoms with van der Waals surface area (Å²) in [6, 6.07) is 15.9. The van der Waals surface area contributed by atoms with Crippen molar-refractivity contribution in [1.29, 1.82) is 0 Å². The Bertz CT molecular complexity index is 877. The molecule has 2 aromatic carbocycles. The number of rotatable bonds is 7. The lowest BCUT2D eigenvalue weighted by atomic mass is 9.64. The van der Waals surface area contributed by atoms with Crippen LogP contribution in [0.2, 0.25) is 5.02 Å². The van der Waals surface area contributed by atoms with Crippen LogP contribution in [0, 0.1) is 0 Å². The molecular formula is C24H32ClIN4O. The molecule has 0 aromatic heterocycles. The number of nitrogens with one attached hydrogen (secondary N) is 2. The minimum atomic E-state index is 0. The highest BCUT2D eigenvalue weighted by Gasteiger charge is 2.38. The molecule has 168 valence electrons. The number of aliphatic imine (C=N–C) groups is 1. The van der Waals surface area contributed by atoms with E-state index in [2.05, 4.69) is 29.7 Å². The zero-order valence-corrected chi connectivity index (χ0v) is 21.5. The van der Waals surface area contributed by atoms with Gasteiger partial charge < -0.3 is 15.5 Å². The van der Waals surface area contributed by atoms with E-state index in [1.807, 2.05) is 36.4 Å². The van der Waals surface area contributed by atoms with Crippen molar-refractivity contribution in [2.75, 3.05) is 27.2 Å². The Morgan fingerprint density at radius 1 is 1.06 bits per heavy atom. The smallest absolute Gasteiger partial charge is 0.253 e. The third-order valence-electron chi connectivity index (χ3n) is 5.73. The SMILES string of the molecule is CCNC(=NCc1ccc(C(=O)N(C)C)cc1)NCC1(c2ccc(Cl)cc2)CCC1.I. The lowest BCUT2D eigenvalue weighted by Crippen LogP contribution is -2.48. The predicted molar refractivity (Wildman–Crippen MR) is 140 cm³/mol. The van der Waals surface area contributed by atoms with E-state index >= 15 is 0 Å². The largest absolute Gasteiger partial charge is 0.357 e. The summed E-state index contributed by atoms with van der Waals surface area (Å²) in [5.74, 6) is 0.819. The average molecular weight is 555 g/mol. The molecule has 0 unspecified atom stereocenters. The summed E-state index contributed by atoms with van der Waals surface area (Å²) in [5, 5.41) is 7.64. The Morgan fingerprint density at radius 2 is 1.71 bits per heavy atom. The van der Waals surface area contributed by atoms with E-state index in [0.29, 0.717) is 12.1 Å². The fourth-order valence-corrected chi connectivity index (χ4v) is 3.88. The normalized spacial score (nSPS) is 14.8. The Morgan fingerprint density at radius 3 is 2.23 bits per heavy atom. The van der Waals surface area contributed by atoms with Crippen LogP contribution in [0.1, 0.15) is 47.7 Å². The molecule has 1 fully saturated rings. The first-order chi connectivity index (χ1) is 14.4. The van der Waals surface area contributed by atoms with Gasteiger partial charge in [0.25, 0.3) is 5.91 Å². The van der Waals surface area contributed by atoms with Crippen molar-refractivity contribution in [3.63, 3.8) is 0 Å². The molecule has 5 nitrogen and oxygen atoms in total. The van der Waals surface area contributed by atoms with Gasteiger partial charge in [0.15, 0.2) is 5.96 Å². The first-order valence-corrected chi connectivity index (χ1v) is 10.9. The highest BCUT2D eigenvalue weighted by atomic mass is 127. The second kappa shape index (κ2) is 11.7.